The number of morpholine rings is 1. The lowest BCUT2D eigenvalue weighted by Gasteiger charge is -2.36. The van der Waals surface area contributed by atoms with Gasteiger partial charge < -0.3 is 19.8 Å². The van der Waals surface area contributed by atoms with Crippen molar-refractivity contribution in [3.05, 3.63) is 28.4 Å². The molecule has 6 heteroatoms. The zero-order valence-electron chi connectivity index (χ0n) is 9.87. The number of hydrogen-bond acceptors (Lipinski definition) is 5. The van der Waals surface area contributed by atoms with Gasteiger partial charge in [0.05, 0.1) is 17.9 Å². The van der Waals surface area contributed by atoms with Crippen LogP contribution in [0.2, 0.25) is 0 Å². The van der Waals surface area contributed by atoms with Crippen molar-refractivity contribution < 1.29 is 9.66 Å². The third-order valence-electron chi connectivity index (χ3n) is 2.70. The van der Waals surface area contributed by atoms with E-state index in [4.69, 9.17) is 4.74 Å². The molecule has 1 saturated heterocycles. The molecule has 0 saturated carbocycles. The fourth-order valence-corrected chi connectivity index (χ4v) is 2.06. The van der Waals surface area contributed by atoms with Crippen LogP contribution in [0, 0.1) is 10.1 Å². The van der Waals surface area contributed by atoms with Gasteiger partial charge in [0.1, 0.15) is 0 Å². The summed E-state index contributed by atoms with van der Waals surface area (Å²) < 4.78 is 5.63. The van der Waals surface area contributed by atoms with Crippen LogP contribution in [0.5, 0.6) is 0 Å². The second-order valence-electron chi connectivity index (χ2n) is 4.29. The van der Waals surface area contributed by atoms with Gasteiger partial charge in [-0.1, -0.05) is 0 Å². The van der Waals surface area contributed by atoms with E-state index in [1.807, 2.05) is 13.8 Å². The molecule has 92 valence electrons. The molecular formula is C11H15N3O3. The molecule has 2 atom stereocenters. The smallest absolute Gasteiger partial charge is 0.363 e. The molecule has 2 rings (SSSR count). The molecular weight excluding hydrogens is 222 g/mol. The number of pyridine rings is 1. The Hall–Kier alpha value is -1.69. The third kappa shape index (κ3) is 2.71. The fourth-order valence-electron chi connectivity index (χ4n) is 2.06. The van der Waals surface area contributed by atoms with Gasteiger partial charge in [-0.05, 0) is 29.8 Å². The summed E-state index contributed by atoms with van der Waals surface area (Å²) in [5.41, 5.74) is 0.901. The van der Waals surface area contributed by atoms with Crippen molar-refractivity contribution in [2.75, 3.05) is 18.0 Å². The minimum atomic E-state index is -0.492. The molecule has 0 amide bonds. The topological polar surface area (TPSA) is 68.5 Å². The molecule has 0 aliphatic carbocycles. The summed E-state index contributed by atoms with van der Waals surface area (Å²) in [6.45, 7) is 5.59. The average Bonchev–Trinajstić information content (AvgIpc) is 2.28. The van der Waals surface area contributed by atoms with Crippen molar-refractivity contribution in [1.82, 2.24) is 4.98 Å². The highest BCUT2D eigenvalue weighted by Crippen LogP contribution is 2.21. The highest BCUT2D eigenvalue weighted by atomic mass is 16.6. The van der Waals surface area contributed by atoms with E-state index < -0.39 is 4.92 Å². The van der Waals surface area contributed by atoms with Gasteiger partial charge in [-0.15, -0.1) is 0 Å². The molecule has 1 aromatic heterocycles. The lowest BCUT2D eigenvalue weighted by Crippen LogP contribution is -2.45. The van der Waals surface area contributed by atoms with Gasteiger partial charge in [0.2, 0.25) is 0 Å². The second kappa shape index (κ2) is 4.67. The van der Waals surface area contributed by atoms with E-state index in [2.05, 4.69) is 9.88 Å². The fraction of sp³-hybridized carbons (Fsp3) is 0.545. The quantitative estimate of drug-likeness (QED) is 0.577. The predicted octanol–water partition coefficient (Wildman–Crippen LogP) is 1.60. The van der Waals surface area contributed by atoms with E-state index in [9.17, 15) is 10.1 Å². The minimum Gasteiger partial charge on any atom is -0.372 e. The van der Waals surface area contributed by atoms with Gasteiger partial charge in [0.25, 0.3) is 0 Å². The molecule has 0 radical (unpaired) electrons. The molecule has 0 spiro atoms. The largest absolute Gasteiger partial charge is 0.372 e. The summed E-state index contributed by atoms with van der Waals surface area (Å²) in [5.74, 6) is -0.122. The summed E-state index contributed by atoms with van der Waals surface area (Å²) in [6, 6.07) is 3.16. The molecule has 1 aliphatic rings. The molecule has 1 fully saturated rings. The zero-order valence-corrected chi connectivity index (χ0v) is 9.87. The van der Waals surface area contributed by atoms with Crippen LogP contribution in [0.3, 0.4) is 0 Å². The van der Waals surface area contributed by atoms with E-state index in [1.54, 1.807) is 12.3 Å². The first-order valence-electron chi connectivity index (χ1n) is 5.57. The monoisotopic (exact) mass is 237 g/mol. The summed E-state index contributed by atoms with van der Waals surface area (Å²) in [4.78, 5) is 16.0. The summed E-state index contributed by atoms with van der Waals surface area (Å²) in [6.07, 6.45) is 1.87. The summed E-state index contributed by atoms with van der Waals surface area (Å²) >= 11 is 0. The maximum absolute atomic E-state index is 10.5. The van der Waals surface area contributed by atoms with E-state index in [1.165, 1.54) is 6.07 Å². The van der Waals surface area contributed by atoms with Crippen LogP contribution >= 0.6 is 0 Å². The zero-order chi connectivity index (χ0) is 12.4. The maximum atomic E-state index is 10.5. The van der Waals surface area contributed by atoms with Crippen LogP contribution in [0.25, 0.3) is 0 Å². The summed E-state index contributed by atoms with van der Waals surface area (Å²) in [7, 11) is 0. The van der Waals surface area contributed by atoms with Crippen LogP contribution < -0.4 is 4.90 Å². The van der Waals surface area contributed by atoms with Gasteiger partial charge in [-0.3, -0.25) is 0 Å². The molecule has 1 aromatic rings. The number of ether oxygens (including phenoxy) is 1. The Morgan fingerprint density at radius 1 is 1.41 bits per heavy atom. The van der Waals surface area contributed by atoms with E-state index in [-0.39, 0.29) is 18.0 Å². The second-order valence-corrected chi connectivity index (χ2v) is 4.29. The molecule has 2 heterocycles. The number of hydrogen-bond donors (Lipinski definition) is 0. The van der Waals surface area contributed by atoms with Crippen LogP contribution in [-0.4, -0.2) is 35.2 Å². The first-order valence-corrected chi connectivity index (χ1v) is 5.57. The van der Waals surface area contributed by atoms with Crippen molar-refractivity contribution in [3.8, 4) is 0 Å². The molecule has 17 heavy (non-hydrogen) atoms. The van der Waals surface area contributed by atoms with Crippen molar-refractivity contribution in [1.29, 1.82) is 0 Å². The highest BCUT2D eigenvalue weighted by Gasteiger charge is 2.23. The Morgan fingerprint density at radius 3 is 2.53 bits per heavy atom. The average molecular weight is 237 g/mol. The van der Waals surface area contributed by atoms with Crippen molar-refractivity contribution >= 4 is 11.5 Å². The Labute approximate surface area is 99.4 Å². The number of nitrogens with zero attached hydrogens (tertiary/aromatic N) is 3. The minimum absolute atomic E-state index is 0.122. The first kappa shape index (κ1) is 11.8. The van der Waals surface area contributed by atoms with Crippen molar-refractivity contribution in [3.63, 3.8) is 0 Å². The first-order chi connectivity index (χ1) is 8.06. The Balaban J connectivity index is 2.14. The molecule has 6 nitrogen and oxygen atoms in total. The van der Waals surface area contributed by atoms with Crippen molar-refractivity contribution in [2.45, 2.75) is 26.1 Å². The highest BCUT2D eigenvalue weighted by molar-refractivity contribution is 5.47. The summed E-state index contributed by atoms with van der Waals surface area (Å²) in [5, 5.41) is 10.5. The van der Waals surface area contributed by atoms with Crippen LogP contribution in [-0.2, 0) is 4.74 Å². The molecule has 0 bridgehead atoms. The number of aromatic nitrogens is 1. The van der Waals surface area contributed by atoms with Gasteiger partial charge in [-0.2, -0.15) is 0 Å². The maximum Gasteiger partial charge on any atom is 0.363 e. The van der Waals surface area contributed by atoms with E-state index in [0.717, 1.165) is 18.8 Å². The molecule has 1 aliphatic heterocycles. The standard InChI is InChI=1S/C11H15N3O3/c1-8-6-13(7-9(2)17-8)10-3-4-11(12-5-10)14(15)16/h3-5,8-9H,6-7H2,1-2H3/t8-,9+. The Kier molecular flexibility index (Phi) is 3.23. The van der Waals surface area contributed by atoms with Gasteiger partial charge in [0, 0.05) is 19.2 Å². The van der Waals surface area contributed by atoms with Gasteiger partial charge in [-0.25, -0.2) is 0 Å². The predicted molar refractivity (Wildman–Crippen MR) is 63.1 cm³/mol. The van der Waals surface area contributed by atoms with E-state index >= 15 is 0 Å². The normalized spacial score (nSPS) is 24.7. The van der Waals surface area contributed by atoms with Crippen LogP contribution in [0.15, 0.2) is 18.3 Å². The molecule has 0 aromatic carbocycles. The molecule has 0 N–H and O–H groups in total. The van der Waals surface area contributed by atoms with Gasteiger partial charge in [0.15, 0.2) is 6.20 Å². The number of anilines is 1. The third-order valence-corrected chi connectivity index (χ3v) is 2.70. The van der Waals surface area contributed by atoms with Crippen molar-refractivity contribution in [2.24, 2.45) is 0 Å². The lowest BCUT2D eigenvalue weighted by molar-refractivity contribution is -0.389. The van der Waals surface area contributed by atoms with Gasteiger partial charge >= 0.3 is 5.82 Å². The van der Waals surface area contributed by atoms with Crippen LogP contribution in [0.1, 0.15) is 13.8 Å². The van der Waals surface area contributed by atoms with E-state index in [0.29, 0.717) is 0 Å². The SMILES string of the molecule is C[C@@H]1CN(c2ccc([N+](=O)[O-])nc2)C[C@H](C)O1. The Bertz CT molecular complexity index is 397. The Morgan fingerprint density at radius 2 is 2.06 bits per heavy atom. The lowest BCUT2D eigenvalue weighted by atomic mass is 10.2. The molecule has 0 unspecified atom stereocenters. The van der Waals surface area contributed by atoms with Crippen LogP contribution in [0.4, 0.5) is 11.5 Å². The number of nitro groups is 1. The number of rotatable bonds is 2.